The van der Waals surface area contributed by atoms with E-state index in [1.165, 1.54) is 14.2 Å². The quantitative estimate of drug-likeness (QED) is 0.227. The van der Waals surface area contributed by atoms with E-state index < -0.39 is 11.9 Å². The second-order valence-corrected chi connectivity index (χ2v) is 4.26. The van der Waals surface area contributed by atoms with Gasteiger partial charge in [0.1, 0.15) is 13.3 Å². The molecule has 0 unspecified atom stereocenters. The van der Waals surface area contributed by atoms with Gasteiger partial charge in [-0.05, 0) is 7.05 Å². The molecule has 0 spiro atoms. The molecule has 8 nitrogen and oxygen atoms in total. The van der Waals surface area contributed by atoms with E-state index in [4.69, 9.17) is 14.2 Å². The lowest BCUT2D eigenvalue weighted by Gasteiger charge is -2.15. The first-order chi connectivity index (χ1) is 9.99. The maximum absolute atomic E-state index is 11.4. The van der Waals surface area contributed by atoms with Gasteiger partial charge in [-0.15, -0.1) is 0 Å². The third-order valence-electron chi connectivity index (χ3n) is 2.45. The van der Waals surface area contributed by atoms with Gasteiger partial charge in [-0.1, -0.05) is 0 Å². The molecule has 0 amide bonds. The van der Waals surface area contributed by atoms with Gasteiger partial charge in [0.25, 0.3) is 0 Å². The molecule has 0 aliphatic carbocycles. The van der Waals surface area contributed by atoms with Crippen LogP contribution >= 0.6 is 0 Å². The van der Waals surface area contributed by atoms with Crippen LogP contribution in [0.2, 0.25) is 0 Å². The SMILES string of the molecule is COCCOC(=O)CCC(=O)OCN(C)CCC(=O)OC. The molecule has 21 heavy (non-hydrogen) atoms. The van der Waals surface area contributed by atoms with Gasteiger partial charge in [-0.25, -0.2) is 0 Å². The van der Waals surface area contributed by atoms with E-state index in [-0.39, 0.29) is 38.6 Å². The van der Waals surface area contributed by atoms with E-state index in [0.29, 0.717) is 13.2 Å². The highest BCUT2D eigenvalue weighted by Gasteiger charge is 2.10. The number of rotatable bonds is 11. The van der Waals surface area contributed by atoms with E-state index in [1.54, 1.807) is 11.9 Å². The molecule has 0 aliphatic heterocycles. The Morgan fingerprint density at radius 2 is 1.48 bits per heavy atom. The molecule has 0 N–H and O–H groups in total. The molecular weight excluding hydrogens is 282 g/mol. The van der Waals surface area contributed by atoms with Crippen molar-refractivity contribution in [2.24, 2.45) is 0 Å². The van der Waals surface area contributed by atoms with Gasteiger partial charge < -0.3 is 18.9 Å². The predicted octanol–water partition coefficient (Wildman–Crippen LogP) is -0.0482. The number of esters is 3. The molecule has 0 radical (unpaired) electrons. The number of hydrogen-bond acceptors (Lipinski definition) is 8. The summed E-state index contributed by atoms with van der Waals surface area (Å²) in [5, 5.41) is 0. The van der Waals surface area contributed by atoms with E-state index in [0.717, 1.165) is 0 Å². The first-order valence-corrected chi connectivity index (χ1v) is 6.55. The zero-order valence-corrected chi connectivity index (χ0v) is 12.8. The smallest absolute Gasteiger partial charge is 0.307 e. The first-order valence-electron chi connectivity index (χ1n) is 6.55. The van der Waals surface area contributed by atoms with Crippen molar-refractivity contribution in [1.82, 2.24) is 4.90 Å². The molecule has 0 atom stereocenters. The molecule has 0 aromatic rings. The van der Waals surface area contributed by atoms with Crippen molar-refractivity contribution >= 4 is 17.9 Å². The lowest BCUT2D eigenvalue weighted by molar-refractivity contribution is -0.153. The molecule has 0 aromatic heterocycles. The monoisotopic (exact) mass is 305 g/mol. The summed E-state index contributed by atoms with van der Waals surface area (Å²) in [6, 6.07) is 0. The summed E-state index contributed by atoms with van der Waals surface area (Å²) in [6.45, 7) is 0.954. The minimum Gasteiger partial charge on any atom is -0.469 e. The molecular formula is C13H23NO7. The third kappa shape index (κ3) is 11.8. The van der Waals surface area contributed by atoms with Crippen LogP contribution in [0.25, 0.3) is 0 Å². The highest BCUT2D eigenvalue weighted by molar-refractivity contribution is 5.77. The Morgan fingerprint density at radius 1 is 0.857 bits per heavy atom. The lowest BCUT2D eigenvalue weighted by atomic mass is 10.3. The van der Waals surface area contributed by atoms with Crippen molar-refractivity contribution in [1.29, 1.82) is 0 Å². The number of hydrogen-bond donors (Lipinski definition) is 0. The molecule has 0 rings (SSSR count). The van der Waals surface area contributed by atoms with Crippen LogP contribution in [-0.4, -0.2) is 70.6 Å². The minimum atomic E-state index is -0.497. The van der Waals surface area contributed by atoms with Crippen LogP contribution in [0.3, 0.4) is 0 Å². The Morgan fingerprint density at radius 3 is 2.05 bits per heavy atom. The van der Waals surface area contributed by atoms with Crippen LogP contribution in [0.1, 0.15) is 19.3 Å². The van der Waals surface area contributed by atoms with Gasteiger partial charge in [0.05, 0.1) is 33.0 Å². The summed E-state index contributed by atoms with van der Waals surface area (Å²) < 4.78 is 19.0. The molecule has 0 aromatic carbocycles. The lowest BCUT2D eigenvalue weighted by Crippen LogP contribution is -2.26. The molecule has 0 fully saturated rings. The normalized spacial score (nSPS) is 10.3. The summed E-state index contributed by atoms with van der Waals surface area (Å²) in [5.41, 5.74) is 0. The maximum atomic E-state index is 11.4. The summed E-state index contributed by atoms with van der Waals surface area (Å²) in [7, 11) is 4.52. The van der Waals surface area contributed by atoms with E-state index in [9.17, 15) is 14.4 Å². The summed E-state index contributed by atoms with van der Waals surface area (Å²) >= 11 is 0. The molecule has 0 aliphatic rings. The minimum absolute atomic E-state index is 0.0333. The number of carbonyl (C=O) groups is 3. The van der Waals surface area contributed by atoms with Gasteiger partial charge in [-0.2, -0.15) is 0 Å². The Bertz CT molecular complexity index is 332. The zero-order chi connectivity index (χ0) is 16.1. The van der Waals surface area contributed by atoms with E-state index in [2.05, 4.69) is 4.74 Å². The number of carbonyl (C=O) groups excluding carboxylic acids is 3. The average Bonchev–Trinajstić information content (AvgIpc) is 2.48. The van der Waals surface area contributed by atoms with Crippen LogP contribution < -0.4 is 0 Å². The van der Waals surface area contributed by atoms with Gasteiger partial charge >= 0.3 is 17.9 Å². The summed E-state index contributed by atoms with van der Waals surface area (Å²) in [5.74, 6) is -1.29. The number of nitrogens with zero attached hydrogens (tertiary/aromatic N) is 1. The van der Waals surface area contributed by atoms with Crippen LogP contribution in [-0.2, 0) is 33.3 Å². The van der Waals surface area contributed by atoms with Gasteiger partial charge in [0.2, 0.25) is 0 Å². The second kappa shape index (κ2) is 12.1. The predicted molar refractivity (Wildman–Crippen MR) is 72.3 cm³/mol. The number of methoxy groups -OCH3 is 2. The Balaban J connectivity index is 3.65. The Labute approximate surface area is 124 Å². The molecule has 0 saturated carbocycles. The summed E-state index contributed by atoms with van der Waals surface area (Å²) in [4.78, 5) is 35.2. The fourth-order valence-corrected chi connectivity index (χ4v) is 1.22. The standard InChI is InChI=1S/C13H23NO7/c1-14(7-6-11(15)19-3)10-21-13(17)5-4-12(16)20-9-8-18-2/h4-10H2,1-3H3. The van der Waals surface area contributed by atoms with Crippen LogP contribution in [0.4, 0.5) is 0 Å². The largest absolute Gasteiger partial charge is 0.469 e. The molecule has 122 valence electrons. The fraction of sp³-hybridized carbons (Fsp3) is 0.769. The molecule has 0 heterocycles. The topological polar surface area (TPSA) is 91.4 Å². The third-order valence-corrected chi connectivity index (χ3v) is 2.45. The van der Waals surface area contributed by atoms with E-state index in [1.807, 2.05) is 0 Å². The van der Waals surface area contributed by atoms with Crippen LogP contribution in [0.5, 0.6) is 0 Å². The van der Waals surface area contributed by atoms with Crippen molar-refractivity contribution in [3.8, 4) is 0 Å². The number of ether oxygens (including phenoxy) is 4. The fourth-order valence-electron chi connectivity index (χ4n) is 1.22. The average molecular weight is 305 g/mol. The van der Waals surface area contributed by atoms with Crippen molar-refractivity contribution in [3.63, 3.8) is 0 Å². The molecule has 8 heteroatoms. The Hall–Kier alpha value is -1.67. The van der Waals surface area contributed by atoms with Crippen molar-refractivity contribution in [2.45, 2.75) is 19.3 Å². The highest BCUT2D eigenvalue weighted by Crippen LogP contribution is 1.98. The van der Waals surface area contributed by atoms with Crippen molar-refractivity contribution in [3.05, 3.63) is 0 Å². The first kappa shape index (κ1) is 19.3. The van der Waals surface area contributed by atoms with Crippen molar-refractivity contribution < 1.29 is 33.3 Å². The maximum Gasteiger partial charge on any atom is 0.307 e. The van der Waals surface area contributed by atoms with Crippen LogP contribution in [0, 0.1) is 0 Å². The molecule has 0 saturated heterocycles. The van der Waals surface area contributed by atoms with Gasteiger partial charge in [-0.3, -0.25) is 19.3 Å². The molecule has 0 bridgehead atoms. The van der Waals surface area contributed by atoms with E-state index >= 15 is 0 Å². The van der Waals surface area contributed by atoms with Gasteiger partial charge in [0, 0.05) is 13.7 Å². The van der Waals surface area contributed by atoms with Gasteiger partial charge in [0.15, 0.2) is 0 Å². The van der Waals surface area contributed by atoms with Crippen LogP contribution in [0.15, 0.2) is 0 Å². The highest BCUT2D eigenvalue weighted by atomic mass is 16.6. The Kier molecular flexibility index (Phi) is 11.1. The van der Waals surface area contributed by atoms with Crippen molar-refractivity contribution in [2.75, 3.05) is 47.8 Å². The second-order valence-electron chi connectivity index (χ2n) is 4.26. The summed E-state index contributed by atoms with van der Waals surface area (Å²) in [6.07, 6.45) is 0.140. The zero-order valence-electron chi connectivity index (χ0n) is 12.8.